The standard InChI is InChI=1S/C16H28N2O3/c1-6-13(7-2)15(19)9-17-16(20)18-11(4)14-8-10(3)21-12(14)5/h8,11,13,15,19H,6-7,9H2,1-5H3,(H2,17,18,20). The molecule has 3 N–H and O–H groups in total. The Kier molecular flexibility index (Phi) is 6.75. The largest absolute Gasteiger partial charge is 0.466 e. The molecule has 0 aliphatic rings. The summed E-state index contributed by atoms with van der Waals surface area (Å²) in [7, 11) is 0. The van der Waals surface area contributed by atoms with Gasteiger partial charge in [0, 0.05) is 12.1 Å². The van der Waals surface area contributed by atoms with Gasteiger partial charge >= 0.3 is 6.03 Å². The fraction of sp³-hybridized carbons (Fsp3) is 0.688. The second-order valence-electron chi connectivity index (χ2n) is 5.59. The normalized spacial score (nSPS) is 14.0. The van der Waals surface area contributed by atoms with Crippen LogP contribution in [0.4, 0.5) is 4.79 Å². The zero-order valence-corrected chi connectivity index (χ0v) is 13.7. The van der Waals surface area contributed by atoms with Gasteiger partial charge in [0.05, 0.1) is 12.1 Å². The summed E-state index contributed by atoms with van der Waals surface area (Å²) in [6, 6.07) is 1.53. The van der Waals surface area contributed by atoms with Crippen molar-refractivity contribution in [3.8, 4) is 0 Å². The van der Waals surface area contributed by atoms with E-state index < -0.39 is 6.10 Å². The zero-order chi connectivity index (χ0) is 16.0. The molecule has 2 atom stereocenters. The Morgan fingerprint density at radius 3 is 2.43 bits per heavy atom. The van der Waals surface area contributed by atoms with Crippen LogP contribution >= 0.6 is 0 Å². The summed E-state index contributed by atoms with van der Waals surface area (Å²) in [6.45, 7) is 10.0. The van der Waals surface area contributed by atoms with Crippen molar-refractivity contribution in [2.45, 2.75) is 59.6 Å². The Morgan fingerprint density at radius 2 is 1.95 bits per heavy atom. The van der Waals surface area contributed by atoms with E-state index in [1.807, 2.05) is 40.7 Å². The fourth-order valence-corrected chi connectivity index (χ4v) is 2.60. The third-order valence-corrected chi connectivity index (χ3v) is 3.96. The Hall–Kier alpha value is -1.49. The molecular weight excluding hydrogens is 268 g/mol. The number of hydrogen-bond acceptors (Lipinski definition) is 3. The Morgan fingerprint density at radius 1 is 1.33 bits per heavy atom. The molecule has 0 aliphatic heterocycles. The molecule has 21 heavy (non-hydrogen) atoms. The highest BCUT2D eigenvalue weighted by atomic mass is 16.3. The van der Waals surface area contributed by atoms with Gasteiger partial charge in [-0.3, -0.25) is 0 Å². The number of aryl methyl sites for hydroxylation is 2. The number of aliphatic hydroxyl groups is 1. The zero-order valence-electron chi connectivity index (χ0n) is 13.7. The van der Waals surface area contributed by atoms with E-state index in [1.165, 1.54) is 0 Å². The van der Waals surface area contributed by atoms with E-state index in [1.54, 1.807) is 0 Å². The summed E-state index contributed by atoms with van der Waals surface area (Å²) in [5, 5.41) is 15.6. The first-order valence-corrected chi connectivity index (χ1v) is 7.68. The molecule has 0 saturated heterocycles. The minimum Gasteiger partial charge on any atom is -0.466 e. The van der Waals surface area contributed by atoms with Crippen molar-refractivity contribution in [2.75, 3.05) is 6.54 Å². The van der Waals surface area contributed by atoms with Gasteiger partial charge in [-0.2, -0.15) is 0 Å². The predicted octanol–water partition coefficient (Wildman–Crippen LogP) is 3.05. The van der Waals surface area contributed by atoms with Gasteiger partial charge in [0.1, 0.15) is 11.5 Å². The molecule has 0 aliphatic carbocycles. The van der Waals surface area contributed by atoms with E-state index in [-0.39, 0.29) is 24.5 Å². The highest BCUT2D eigenvalue weighted by Gasteiger charge is 2.18. The van der Waals surface area contributed by atoms with Crippen LogP contribution in [0.25, 0.3) is 0 Å². The van der Waals surface area contributed by atoms with Gasteiger partial charge in [-0.15, -0.1) is 0 Å². The Labute approximate surface area is 127 Å². The maximum Gasteiger partial charge on any atom is 0.315 e. The first kappa shape index (κ1) is 17.6. The van der Waals surface area contributed by atoms with Gasteiger partial charge in [0.2, 0.25) is 0 Å². The highest BCUT2D eigenvalue weighted by Crippen LogP contribution is 2.21. The van der Waals surface area contributed by atoms with Crippen LogP contribution in [-0.2, 0) is 0 Å². The van der Waals surface area contributed by atoms with Crippen LogP contribution in [0.5, 0.6) is 0 Å². The second-order valence-corrected chi connectivity index (χ2v) is 5.59. The lowest BCUT2D eigenvalue weighted by molar-refractivity contribution is 0.103. The molecule has 0 spiro atoms. The summed E-state index contributed by atoms with van der Waals surface area (Å²) in [5.74, 6) is 1.87. The monoisotopic (exact) mass is 296 g/mol. The third kappa shape index (κ3) is 5.08. The van der Waals surface area contributed by atoms with Crippen LogP contribution < -0.4 is 10.6 Å². The Balaban J connectivity index is 2.45. The minimum absolute atomic E-state index is 0.132. The van der Waals surface area contributed by atoms with E-state index in [0.29, 0.717) is 0 Å². The molecular formula is C16H28N2O3. The van der Waals surface area contributed by atoms with E-state index in [4.69, 9.17) is 4.42 Å². The van der Waals surface area contributed by atoms with E-state index in [2.05, 4.69) is 10.6 Å². The SMILES string of the molecule is CCC(CC)C(O)CNC(=O)NC(C)c1cc(C)oc1C. The lowest BCUT2D eigenvalue weighted by atomic mass is 9.97. The average Bonchev–Trinajstić information content (AvgIpc) is 2.77. The number of amides is 2. The number of hydrogen-bond donors (Lipinski definition) is 3. The fourth-order valence-electron chi connectivity index (χ4n) is 2.60. The number of carbonyl (C=O) groups excluding carboxylic acids is 1. The molecule has 2 unspecified atom stereocenters. The van der Waals surface area contributed by atoms with Gasteiger partial charge in [-0.1, -0.05) is 26.7 Å². The van der Waals surface area contributed by atoms with E-state index >= 15 is 0 Å². The van der Waals surface area contributed by atoms with Crippen LogP contribution in [0, 0.1) is 19.8 Å². The van der Waals surface area contributed by atoms with Crippen molar-refractivity contribution in [1.29, 1.82) is 0 Å². The highest BCUT2D eigenvalue weighted by molar-refractivity contribution is 5.74. The lowest BCUT2D eigenvalue weighted by Gasteiger charge is -2.21. The topological polar surface area (TPSA) is 74.5 Å². The number of urea groups is 1. The van der Waals surface area contributed by atoms with Crippen LogP contribution in [0.1, 0.15) is 56.7 Å². The molecule has 0 radical (unpaired) electrons. The van der Waals surface area contributed by atoms with Crippen molar-refractivity contribution in [2.24, 2.45) is 5.92 Å². The average molecular weight is 296 g/mol. The number of nitrogens with one attached hydrogen (secondary N) is 2. The predicted molar refractivity (Wildman–Crippen MR) is 83.2 cm³/mol. The van der Waals surface area contributed by atoms with Crippen molar-refractivity contribution in [3.63, 3.8) is 0 Å². The molecule has 0 fully saturated rings. The van der Waals surface area contributed by atoms with Gasteiger partial charge < -0.3 is 20.2 Å². The first-order chi connectivity index (χ1) is 9.88. The molecule has 5 heteroatoms. The summed E-state index contributed by atoms with van der Waals surface area (Å²) >= 11 is 0. The number of rotatable bonds is 7. The molecule has 1 rings (SSSR count). The molecule has 1 heterocycles. The smallest absolute Gasteiger partial charge is 0.315 e. The summed E-state index contributed by atoms with van der Waals surface area (Å²) in [6.07, 6.45) is 1.31. The first-order valence-electron chi connectivity index (χ1n) is 7.68. The summed E-state index contributed by atoms with van der Waals surface area (Å²) in [4.78, 5) is 11.9. The summed E-state index contributed by atoms with van der Waals surface area (Å²) < 4.78 is 5.46. The van der Waals surface area contributed by atoms with Crippen LogP contribution in [0.2, 0.25) is 0 Å². The maximum atomic E-state index is 11.9. The van der Waals surface area contributed by atoms with Gasteiger partial charge in [0.15, 0.2) is 0 Å². The van der Waals surface area contributed by atoms with Gasteiger partial charge in [-0.25, -0.2) is 4.79 Å². The molecule has 1 aromatic heterocycles. The van der Waals surface area contributed by atoms with Crippen LogP contribution in [0.15, 0.2) is 10.5 Å². The van der Waals surface area contributed by atoms with Crippen molar-refractivity contribution in [1.82, 2.24) is 10.6 Å². The molecule has 0 saturated carbocycles. The second kappa shape index (κ2) is 8.08. The van der Waals surface area contributed by atoms with Crippen molar-refractivity contribution < 1.29 is 14.3 Å². The maximum absolute atomic E-state index is 11.9. The van der Waals surface area contributed by atoms with Crippen molar-refractivity contribution in [3.05, 3.63) is 23.2 Å². The van der Waals surface area contributed by atoms with Gasteiger partial charge in [-0.05, 0) is 32.8 Å². The number of furan rings is 1. The number of carbonyl (C=O) groups is 1. The molecule has 0 bridgehead atoms. The third-order valence-electron chi connectivity index (χ3n) is 3.96. The van der Waals surface area contributed by atoms with Gasteiger partial charge in [0.25, 0.3) is 0 Å². The minimum atomic E-state index is -0.501. The van der Waals surface area contributed by atoms with E-state index in [0.717, 1.165) is 29.9 Å². The van der Waals surface area contributed by atoms with E-state index in [9.17, 15) is 9.90 Å². The van der Waals surface area contributed by atoms with Crippen LogP contribution in [-0.4, -0.2) is 23.8 Å². The van der Waals surface area contributed by atoms with Crippen molar-refractivity contribution >= 4 is 6.03 Å². The molecule has 120 valence electrons. The molecule has 5 nitrogen and oxygen atoms in total. The Bertz CT molecular complexity index is 452. The quantitative estimate of drug-likeness (QED) is 0.724. The molecule has 2 amide bonds. The number of aliphatic hydroxyl groups excluding tert-OH is 1. The molecule has 0 aromatic carbocycles. The lowest BCUT2D eigenvalue weighted by Crippen LogP contribution is -2.42. The molecule has 1 aromatic rings. The van der Waals surface area contributed by atoms with Crippen LogP contribution in [0.3, 0.4) is 0 Å². The summed E-state index contributed by atoms with van der Waals surface area (Å²) in [5.41, 5.74) is 0.975.